The van der Waals surface area contributed by atoms with Crippen LogP contribution in [0.3, 0.4) is 0 Å². The largest absolute Gasteiger partial charge is 0.339 e. The molecule has 158 valence electrons. The molecule has 0 unspecified atom stereocenters. The van der Waals surface area contributed by atoms with Crippen molar-refractivity contribution in [3.8, 4) is 0 Å². The van der Waals surface area contributed by atoms with Gasteiger partial charge in [0.25, 0.3) is 0 Å². The number of benzene rings is 1. The lowest BCUT2D eigenvalue weighted by molar-refractivity contribution is -0.129. The van der Waals surface area contributed by atoms with Crippen LogP contribution in [0.5, 0.6) is 0 Å². The zero-order valence-electron chi connectivity index (χ0n) is 17.1. The third-order valence-corrected chi connectivity index (χ3v) is 7.80. The Balaban J connectivity index is 1.57. The number of sulfonamides is 1. The van der Waals surface area contributed by atoms with E-state index in [9.17, 15) is 13.2 Å². The Morgan fingerprint density at radius 1 is 1.14 bits per heavy atom. The maximum absolute atomic E-state index is 12.9. The number of aryl methyl sites for hydroxylation is 2. The van der Waals surface area contributed by atoms with Crippen molar-refractivity contribution >= 4 is 27.7 Å². The molecule has 1 fully saturated rings. The minimum Gasteiger partial charge on any atom is -0.339 e. The predicted octanol–water partition coefficient (Wildman–Crippen LogP) is 1.50. The number of tetrazole rings is 1. The van der Waals surface area contributed by atoms with Crippen LogP contribution in [0.15, 0.2) is 28.3 Å². The fourth-order valence-electron chi connectivity index (χ4n) is 3.02. The van der Waals surface area contributed by atoms with E-state index in [1.807, 2.05) is 33.8 Å². The molecule has 1 aliphatic heterocycles. The molecule has 1 amide bonds. The third-order valence-electron chi connectivity index (χ3n) is 4.98. The third kappa shape index (κ3) is 4.78. The van der Waals surface area contributed by atoms with Crippen LogP contribution >= 0.6 is 11.8 Å². The maximum atomic E-state index is 12.9. The highest BCUT2D eigenvalue weighted by atomic mass is 32.2. The average molecular weight is 439 g/mol. The molecule has 9 nitrogen and oxygen atoms in total. The zero-order valence-corrected chi connectivity index (χ0v) is 18.7. The fraction of sp³-hybridized carbons (Fsp3) is 0.556. The fourth-order valence-corrected chi connectivity index (χ4v) is 5.44. The Hall–Kier alpha value is -1.98. The van der Waals surface area contributed by atoms with E-state index in [1.54, 1.807) is 21.7 Å². The van der Waals surface area contributed by atoms with Crippen LogP contribution in [0.2, 0.25) is 0 Å². The van der Waals surface area contributed by atoms with Gasteiger partial charge in [0.05, 0.1) is 16.7 Å². The molecule has 1 aromatic heterocycles. The lowest BCUT2D eigenvalue weighted by Gasteiger charge is -2.34. The van der Waals surface area contributed by atoms with Crippen LogP contribution in [0.1, 0.15) is 31.0 Å². The molecule has 1 saturated heterocycles. The first-order valence-electron chi connectivity index (χ1n) is 9.46. The molecule has 0 atom stereocenters. The van der Waals surface area contributed by atoms with Gasteiger partial charge in [-0.1, -0.05) is 17.8 Å². The quantitative estimate of drug-likeness (QED) is 0.630. The molecule has 0 saturated carbocycles. The van der Waals surface area contributed by atoms with Crippen LogP contribution in [-0.2, 0) is 14.8 Å². The predicted molar refractivity (Wildman–Crippen MR) is 110 cm³/mol. The minimum absolute atomic E-state index is 0.0449. The topological polar surface area (TPSA) is 101 Å². The number of nitrogens with zero attached hydrogens (tertiary/aromatic N) is 6. The van der Waals surface area contributed by atoms with Crippen molar-refractivity contribution in [3.63, 3.8) is 0 Å². The van der Waals surface area contributed by atoms with Gasteiger partial charge in [0.2, 0.25) is 21.1 Å². The number of piperazine rings is 1. The summed E-state index contributed by atoms with van der Waals surface area (Å²) in [5.74, 6) is 0.174. The summed E-state index contributed by atoms with van der Waals surface area (Å²) in [7, 11) is -3.55. The van der Waals surface area contributed by atoms with Gasteiger partial charge in [-0.2, -0.15) is 4.31 Å². The minimum atomic E-state index is -3.55. The van der Waals surface area contributed by atoms with E-state index in [0.717, 1.165) is 11.1 Å². The number of carbonyl (C=O) groups is 1. The number of carbonyl (C=O) groups excluding carboxylic acids is 1. The molecule has 2 aromatic rings. The summed E-state index contributed by atoms with van der Waals surface area (Å²) in [5.41, 5.74) is 2.00. The Morgan fingerprint density at radius 2 is 1.83 bits per heavy atom. The number of aromatic nitrogens is 4. The van der Waals surface area contributed by atoms with E-state index in [4.69, 9.17) is 0 Å². The Kier molecular flexibility index (Phi) is 6.59. The second-order valence-electron chi connectivity index (χ2n) is 7.32. The standard InChI is InChI=1S/C18H26N6O3S2/c1-13(2)24-18(19-20-21-24)28-12-17(25)22-7-9-23(10-8-22)29(26,27)16-6-5-14(3)15(4)11-16/h5-6,11,13H,7-10,12H2,1-4H3. The van der Waals surface area contributed by atoms with Gasteiger partial charge in [-0.3, -0.25) is 4.79 Å². The first-order chi connectivity index (χ1) is 13.7. The summed E-state index contributed by atoms with van der Waals surface area (Å²) in [6, 6.07) is 5.29. The SMILES string of the molecule is Cc1ccc(S(=O)(=O)N2CCN(C(=O)CSc3nnnn3C(C)C)CC2)cc1C. The number of rotatable bonds is 6. The van der Waals surface area contributed by atoms with Crippen molar-refractivity contribution in [2.75, 3.05) is 31.9 Å². The van der Waals surface area contributed by atoms with E-state index >= 15 is 0 Å². The summed E-state index contributed by atoms with van der Waals surface area (Å²) < 4.78 is 28.9. The van der Waals surface area contributed by atoms with E-state index in [2.05, 4.69) is 15.5 Å². The van der Waals surface area contributed by atoms with Crippen molar-refractivity contribution in [3.05, 3.63) is 29.3 Å². The van der Waals surface area contributed by atoms with Gasteiger partial charge < -0.3 is 4.90 Å². The molecule has 0 radical (unpaired) electrons. The van der Waals surface area contributed by atoms with Crippen molar-refractivity contribution in [1.29, 1.82) is 0 Å². The van der Waals surface area contributed by atoms with Gasteiger partial charge >= 0.3 is 0 Å². The van der Waals surface area contributed by atoms with Crippen molar-refractivity contribution in [2.24, 2.45) is 0 Å². The van der Waals surface area contributed by atoms with Crippen molar-refractivity contribution < 1.29 is 13.2 Å². The van der Waals surface area contributed by atoms with Gasteiger partial charge in [-0.25, -0.2) is 13.1 Å². The molecule has 0 aliphatic carbocycles. The Labute approximate surface area is 175 Å². The molecule has 0 spiro atoms. The summed E-state index contributed by atoms with van der Waals surface area (Å²) in [5, 5.41) is 12.1. The van der Waals surface area contributed by atoms with Crippen LogP contribution in [0, 0.1) is 13.8 Å². The number of hydrogen-bond acceptors (Lipinski definition) is 7. The van der Waals surface area contributed by atoms with Gasteiger partial charge in [-0.05, 0) is 61.4 Å². The number of thioether (sulfide) groups is 1. The monoisotopic (exact) mass is 438 g/mol. The molecular formula is C18H26N6O3S2. The molecule has 3 rings (SSSR count). The summed E-state index contributed by atoms with van der Waals surface area (Å²) in [4.78, 5) is 14.5. The van der Waals surface area contributed by atoms with Gasteiger partial charge in [0, 0.05) is 26.2 Å². The highest BCUT2D eigenvalue weighted by molar-refractivity contribution is 7.99. The van der Waals surface area contributed by atoms with Crippen molar-refractivity contribution in [1.82, 2.24) is 29.4 Å². The number of hydrogen-bond donors (Lipinski definition) is 0. The molecule has 0 N–H and O–H groups in total. The lowest BCUT2D eigenvalue weighted by atomic mass is 10.1. The van der Waals surface area contributed by atoms with Gasteiger partial charge in [0.15, 0.2) is 0 Å². The molecule has 1 aliphatic rings. The molecule has 29 heavy (non-hydrogen) atoms. The summed E-state index contributed by atoms with van der Waals surface area (Å²) >= 11 is 1.29. The van der Waals surface area contributed by atoms with Crippen LogP contribution in [-0.4, -0.2) is 75.7 Å². The molecule has 11 heteroatoms. The zero-order chi connectivity index (χ0) is 21.2. The van der Waals surface area contributed by atoms with Gasteiger partial charge in [0.1, 0.15) is 0 Å². The second kappa shape index (κ2) is 8.80. The highest BCUT2D eigenvalue weighted by Crippen LogP contribution is 2.22. The summed E-state index contributed by atoms with van der Waals surface area (Å²) in [6.07, 6.45) is 0. The number of amides is 1. The Morgan fingerprint density at radius 3 is 2.45 bits per heavy atom. The first kappa shape index (κ1) is 21.7. The summed E-state index contributed by atoms with van der Waals surface area (Å²) in [6.45, 7) is 9.11. The van der Waals surface area contributed by atoms with E-state index in [-0.39, 0.29) is 30.8 Å². The highest BCUT2D eigenvalue weighted by Gasteiger charge is 2.30. The van der Waals surface area contributed by atoms with Crippen LogP contribution < -0.4 is 0 Å². The van der Waals surface area contributed by atoms with E-state index < -0.39 is 10.0 Å². The smallest absolute Gasteiger partial charge is 0.243 e. The average Bonchev–Trinajstić information content (AvgIpc) is 3.17. The molecule has 2 heterocycles. The van der Waals surface area contributed by atoms with Crippen LogP contribution in [0.25, 0.3) is 0 Å². The Bertz CT molecular complexity index is 981. The molecular weight excluding hydrogens is 412 g/mol. The second-order valence-corrected chi connectivity index (χ2v) is 10.2. The molecule has 1 aromatic carbocycles. The maximum Gasteiger partial charge on any atom is 0.243 e. The normalized spacial score (nSPS) is 15.8. The van der Waals surface area contributed by atoms with E-state index in [1.165, 1.54) is 16.1 Å². The van der Waals surface area contributed by atoms with E-state index in [0.29, 0.717) is 23.1 Å². The first-order valence-corrected chi connectivity index (χ1v) is 11.9. The van der Waals surface area contributed by atoms with Crippen molar-refractivity contribution in [2.45, 2.75) is 43.8 Å². The molecule has 0 bridgehead atoms. The lowest BCUT2D eigenvalue weighted by Crippen LogP contribution is -2.51. The van der Waals surface area contributed by atoms with Gasteiger partial charge in [-0.15, -0.1) is 5.10 Å². The van der Waals surface area contributed by atoms with Crippen LogP contribution in [0.4, 0.5) is 0 Å².